The number of thiol groups is 1. The summed E-state index contributed by atoms with van der Waals surface area (Å²) in [5.74, 6) is 1.36. The smallest absolute Gasteiger partial charge is 0.225 e. The molecule has 2 rings (SSSR count). The number of hydrogen-bond donors (Lipinski definition) is 2. The first-order valence-electron chi connectivity index (χ1n) is 5.83. The molecule has 1 N–H and O–H groups in total. The second-order valence-corrected chi connectivity index (χ2v) is 5.48. The van der Waals surface area contributed by atoms with Gasteiger partial charge in [0.05, 0.1) is 12.8 Å². The second-order valence-electron chi connectivity index (χ2n) is 4.73. The molecule has 1 fully saturated rings. The molecule has 0 heterocycles. The van der Waals surface area contributed by atoms with Crippen molar-refractivity contribution in [2.45, 2.75) is 19.3 Å². The summed E-state index contributed by atoms with van der Waals surface area (Å²) in [7, 11) is 1.56. The number of benzene rings is 1. The Bertz CT molecular complexity index is 460. The van der Waals surface area contributed by atoms with E-state index < -0.39 is 0 Å². The van der Waals surface area contributed by atoms with Gasteiger partial charge in [0, 0.05) is 11.4 Å². The van der Waals surface area contributed by atoms with Crippen LogP contribution in [0.15, 0.2) is 18.2 Å². The summed E-state index contributed by atoms with van der Waals surface area (Å²) in [6.07, 6.45) is 2.67. The minimum Gasteiger partial charge on any atom is -0.495 e. The Morgan fingerprint density at radius 3 is 2.83 bits per heavy atom. The topological polar surface area (TPSA) is 38.3 Å². The molecule has 0 unspecified atom stereocenters. The molecule has 0 aliphatic heterocycles. The Labute approximate surface area is 117 Å². The maximum Gasteiger partial charge on any atom is 0.225 e. The van der Waals surface area contributed by atoms with E-state index in [2.05, 4.69) is 17.9 Å². The molecule has 0 radical (unpaired) electrons. The molecule has 98 valence electrons. The minimum atomic E-state index is -0.0119. The predicted molar refractivity (Wildman–Crippen MR) is 76.8 cm³/mol. The van der Waals surface area contributed by atoms with Crippen molar-refractivity contribution in [3.8, 4) is 5.75 Å². The molecule has 1 saturated carbocycles. The van der Waals surface area contributed by atoms with E-state index >= 15 is 0 Å². The Hall–Kier alpha value is -0.870. The first kappa shape index (κ1) is 13.6. The van der Waals surface area contributed by atoms with Crippen molar-refractivity contribution in [1.82, 2.24) is 0 Å². The van der Waals surface area contributed by atoms with Gasteiger partial charge in [-0.2, -0.15) is 12.6 Å². The van der Waals surface area contributed by atoms with Crippen LogP contribution < -0.4 is 10.1 Å². The third-order valence-corrected chi connectivity index (χ3v) is 4.17. The Morgan fingerprint density at radius 2 is 2.28 bits per heavy atom. The van der Waals surface area contributed by atoms with Crippen molar-refractivity contribution in [2.75, 3.05) is 18.2 Å². The van der Waals surface area contributed by atoms with E-state index in [4.69, 9.17) is 16.3 Å². The highest BCUT2D eigenvalue weighted by molar-refractivity contribution is 7.80. The van der Waals surface area contributed by atoms with E-state index in [0.717, 1.165) is 18.6 Å². The molecule has 0 saturated heterocycles. The standard InChI is InChI=1S/C13H16ClNO2S/c1-17-11-3-2-9(14)6-10(11)15-12(16)7-13(8-18)4-5-13/h2-3,6,18H,4-5,7-8H2,1H3,(H,15,16). The Kier molecular flexibility index (Phi) is 4.07. The third kappa shape index (κ3) is 3.12. The van der Waals surface area contributed by atoms with E-state index in [9.17, 15) is 4.79 Å². The summed E-state index contributed by atoms with van der Waals surface area (Å²) in [5, 5.41) is 3.42. The fourth-order valence-corrected chi connectivity index (χ4v) is 2.48. The molecule has 0 atom stereocenters. The van der Waals surface area contributed by atoms with Crippen LogP contribution in [0.3, 0.4) is 0 Å². The van der Waals surface area contributed by atoms with Gasteiger partial charge in [-0.05, 0) is 42.2 Å². The molecule has 1 amide bonds. The summed E-state index contributed by atoms with van der Waals surface area (Å²) in [5.41, 5.74) is 0.726. The molecule has 0 aromatic heterocycles. The highest BCUT2D eigenvalue weighted by atomic mass is 35.5. The van der Waals surface area contributed by atoms with Gasteiger partial charge in [-0.3, -0.25) is 4.79 Å². The minimum absolute atomic E-state index is 0.0119. The zero-order valence-electron chi connectivity index (χ0n) is 10.2. The van der Waals surface area contributed by atoms with Crippen LogP contribution in [0.25, 0.3) is 0 Å². The molecule has 1 aromatic carbocycles. The van der Waals surface area contributed by atoms with E-state index in [1.54, 1.807) is 25.3 Å². The number of anilines is 1. The SMILES string of the molecule is COc1ccc(Cl)cc1NC(=O)CC1(CS)CC1. The van der Waals surface area contributed by atoms with Crippen molar-refractivity contribution >= 4 is 35.8 Å². The molecule has 1 aliphatic rings. The monoisotopic (exact) mass is 285 g/mol. The van der Waals surface area contributed by atoms with Crippen LogP contribution in [0.4, 0.5) is 5.69 Å². The molecular weight excluding hydrogens is 270 g/mol. The number of halogens is 1. The Morgan fingerprint density at radius 1 is 1.56 bits per heavy atom. The second kappa shape index (κ2) is 5.41. The van der Waals surface area contributed by atoms with Crippen LogP contribution in [0.5, 0.6) is 5.75 Å². The van der Waals surface area contributed by atoms with Crippen molar-refractivity contribution in [2.24, 2.45) is 5.41 Å². The lowest BCUT2D eigenvalue weighted by Gasteiger charge is -2.14. The van der Waals surface area contributed by atoms with Gasteiger partial charge in [0.25, 0.3) is 0 Å². The number of carbonyl (C=O) groups is 1. The highest BCUT2D eigenvalue weighted by Crippen LogP contribution is 2.49. The lowest BCUT2D eigenvalue weighted by molar-refractivity contribution is -0.117. The van der Waals surface area contributed by atoms with Gasteiger partial charge < -0.3 is 10.1 Å². The van der Waals surface area contributed by atoms with Crippen LogP contribution in [-0.2, 0) is 4.79 Å². The number of carbonyl (C=O) groups excluding carboxylic acids is 1. The summed E-state index contributed by atoms with van der Waals surface area (Å²) in [6, 6.07) is 5.16. The molecule has 18 heavy (non-hydrogen) atoms. The summed E-state index contributed by atoms with van der Waals surface area (Å²) >= 11 is 10.2. The van der Waals surface area contributed by atoms with Gasteiger partial charge in [0.15, 0.2) is 0 Å². The molecule has 0 spiro atoms. The van der Waals surface area contributed by atoms with E-state index in [-0.39, 0.29) is 11.3 Å². The average molecular weight is 286 g/mol. The van der Waals surface area contributed by atoms with Crippen LogP contribution in [-0.4, -0.2) is 18.8 Å². The first-order chi connectivity index (χ1) is 8.58. The van der Waals surface area contributed by atoms with Crippen LogP contribution in [0.2, 0.25) is 5.02 Å². The van der Waals surface area contributed by atoms with Gasteiger partial charge in [-0.1, -0.05) is 11.6 Å². The summed E-state index contributed by atoms with van der Waals surface area (Å²) < 4.78 is 5.18. The van der Waals surface area contributed by atoms with Crippen LogP contribution >= 0.6 is 24.2 Å². The lowest BCUT2D eigenvalue weighted by Crippen LogP contribution is -2.18. The number of ether oxygens (including phenoxy) is 1. The summed E-state index contributed by atoms with van der Waals surface area (Å²) in [4.78, 5) is 12.0. The van der Waals surface area contributed by atoms with Gasteiger partial charge in [0.2, 0.25) is 5.91 Å². The van der Waals surface area contributed by atoms with Crippen molar-refractivity contribution < 1.29 is 9.53 Å². The molecule has 3 nitrogen and oxygen atoms in total. The zero-order valence-corrected chi connectivity index (χ0v) is 11.9. The van der Waals surface area contributed by atoms with Gasteiger partial charge >= 0.3 is 0 Å². The van der Waals surface area contributed by atoms with Crippen LogP contribution in [0, 0.1) is 5.41 Å². The van der Waals surface area contributed by atoms with Crippen molar-refractivity contribution in [3.63, 3.8) is 0 Å². The van der Waals surface area contributed by atoms with Gasteiger partial charge in [-0.15, -0.1) is 0 Å². The fourth-order valence-electron chi connectivity index (χ4n) is 1.88. The fraction of sp³-hybridized carbons (Fsp3) is 0.462. The van der Waals surface area contributed by atoms with E-state index in [1.165, 1.54) is 0 Å². The average Bonchev–Trinajstić information content (AvgIpc) is 3.09. The van der Waals surface area contributed by atoms with E-state index in [0.29, 0.717) is 22.9 Å². The first-order valence-corrected chi connectivity index (χ1v) is 6.84. The zero-order chi connectivity index (χ0) is 13.2. The van der Waals surface area contributed by atoms with Crippen molar-refractivity contribution in [3.05, 3.63) is 23.2 Å². The third-order valence-electron chi connectivity index (χ3n) is 3.26. The normalized spacial score (nSPS) is 16.2. The number of methoxy groups -OCH3 is 1. The molecule has 1 aromatic rings. The predicted octanol–water partition coefficient (Wildman–Crippen LogP) is 3.39. The lowest BCUT2D eigenvalue weighted by atomic mass is 10.1. The number of hydrogen-bond acceptors (Lipinski definition) is 3. The molecule has 5 heteroatoms. The quantitative estimate of drug-likeness (QED) is 0.814. The van der Waals surface area contributed by atoms with Gasteiger partial charge in [-0.25, -0.2) is 0 Å². The number of rotatable bonds is 5. The molecular formula is C13H16ClNO2S. The van der Waals surface area contributed by atoms with E-state index in [1.807, 2.05) is 0 Å². The van der Waals surface area contributed by atoms with Crippen LogP contribution in [0.1, 0.15) is 19.3 Å². The maximum absolute atomic E-state index is 12.0. The maximum atomic E-state index is 12.0. The molecule has 0 bridgehead atoms. The van der Waals surface area contributed by atoms with Gasteiger partial charge in [0.1, 0.15) is 5.75 Å². The Balaban J connectivity index is 2.04. The molecule has 1 aliphatic carbocycles. The number of amides is 1. The highest BCUT2D eigenvalue weighted by Gasteiger charge is 2.42. The number of nitrogens with one attached hydrogen (secondary N) is 1. The van der Waals surface area contributed by atoms with Crippen molar-refractivity contribution in [1.29, 1.82) is 0 Å². The largest absolute Gasteiger partial charge is 0.495 e. The summed E-state index contributed by atoms with van der Waals surface area (Å²) in [6.45, 7) is 0.